The second-order valence-corrected chi connectivity index (χ2v) is 28.7. The van der Waals surface area contributed by atoms with Gasteiger partial charge in [-0.2, -0.15) is 24.2 Å². The van der Waals surface area contributed by atoms with Gasteiger partial charge in [-0.15, -0.1) is 0 Å². The average molecular weight is 1610 g/mol. The number of hydrogen-bond acceptors (Lipinski definition) is 24. The van der Waals surface area contributed by atoms with Crippen LogP contribution in [0.2, 0.25) is 0 Å². The minimum atomic E-state index is -1.68. The molecule has 0 bridgehead atoms. The molecule has 0 saturated heterocycles. The Morgan fingerprint density at radius 2 is 1.39 bits per heavy atom. The van der Waals surface area contributed by atoms with E-state index in [1.165, 1.54) is 23.9 Å². The van der Waals surface area contributed by atoms with Gasteiger partial charge in [0.05, 0.1) is 54.2 Å². The number of nitrogen functional groups attached to an aromatic ring is 1. The zero-order chi connectivity index (χ0) is 79.7. The second kappa shape index (κ2) is 40.1. The molecule has 574 valence electrons. The number of amides is 4. The van der Waals surface area contributed by atoms with Crippen molar-refractivity contribution in [2.24, 2.45) is 17.6 Å². The van der Waals surface area contributed by atoms with Crippen molar-refractivity contribution in [1.82, 2.24) is 51.2 Å². The number of Topliss-reactive ketones (excluding diaryl/α,β-unsaturated/α-hetero) is 4. The Bertz CT molecular complexity index is 5090. The summed E-state index contributed by atoms with van der Waals surface area (Å²) < 4.78 is 0. The van der Waals surface area contributed by atoms with Gasteiger partial charge in [0.15, 0.2) is 34.5 Å². The van der Waals surface area contributed by atoms with Gasteiger partial charge in [0.25, 0.3) is 17.4 Å². The molecule has 33 nitrogen and oxygen atoms in total. The molecule has 4 amide bonds. The Morgan fingerprint density at radius 3 is 2.05 bits per heavy atom. The van der Waals surface area contributed by atoms with Gasteiger partial charge >= 0.3 is 24.2 Å². The fraction of sp³-hybridized carbons (Fsp3) is 0.311. The van der Waals surface area contributed by atoms with Crippen molar-refractivity contribution in [3.8, 4) is 5.75 Å². The van der Waals surface area contributed by atoms with E-state index in [1.807, 2.05) is 48.5 Å². The molecule has 10 rings (SSSR count). The van der Waals surface area contributed by atoms with Crippen LogP contribution in [0.15, 0.2) is 114 Å². The molecule has 0 fully saturated rings. The number of guanidine groups is 1. The third-order valence-corrected chi connectivity index (χ3v) is 20.9. The van der Waals surface area contributed by atoms with Crippen molar-refractivity contribution >= 4 is 176 Å². The number of aliphatic carboxylic acids is 2. The molecule has 0 spiro atoms. The van der Waals surface area contributed by atoms with Crippen LogP contribution in [-0.2, 0) is 72.1 Å². The standard InChI is InChI=1S/C72H76BrN15O14S2.2CO2/c1-37(81-61(94)9-5-19-77-66(97)40-12-14-46(15-13-40)79-33-47-34-80-65-64(82-47)68(99)87-72(76)86-65)57(90)28-41(6-4-20-78-71(74)75)67(98)85-54(30-62(95)96)60(93)29-44(70(101)102)36-104-103-21-18-48(89)24-38-10-16-51-42(22-38)26-53(83-51)59(92)25-39-11-17-52-43(23-39)27-55(84-52)69(100)88-35-45(32-73)63-50-8-3-2-7-49(50)58(91)31-56(63)88;2*2-1-3/h2-3,7-8,10-17,22-23,26-27,31,34,37,41,44-45,54,79,83-84,91H,4-6,9,18-21,24-25,28-30,32-33,35-36H2,1H3,(H,77,97)(H,81,94)(H,85,98)(H,95,96)(H,101,102)(H4,74,75,78)(H3,76,80,86,87,99);;/t37-,41+,44-,45?,54-;;/m0../s1. The summed E-state index contributed by atoms with van der Waals surface area (Å²) >= 11 is 3.63. The fourth-order valence-corrected chi connectivity index (χ4v) is 15.1. The number of alkyl halides is 1. The molecule has 36 heteroatoms. The predicted molar refractivity (Wildman–Crippen MR) is 409 cm³/mol. The first-order valence-electron chi connectivity index (χ1n) is 34.2. The monoisotopic (exact) mass is 1610 g/mol. The normalized spacial score (nSPS) is 13.1. The SMILES string of the molecule is C[C@H](NC(=O)CCCNC(=O)c1ccc(NCc2cnc3nc(N)[nH]c(=O)c3n2)cc1)C(=O)C[C@@H](CCCNC(=N)N)C(=O)N[C@@H](CC(=O)O)C(=O)C[C@@H](CSSCCC(=O)Cc1ccc2[nH]c(C(=O)Cc3ccc4[nH]c(C(=O)N5CC(CBr)c6c5cc(O)c5ccccc65)cc4c3)cc2c1)C(=O)O.O=C=O.O=C=O. The number of aromatic nitrogens is 6. The van der Waals surface area contributed by atoms with E-state index in [0.29, 0.717) is 62.7 Å². The van der Waals surface area contributed by atoms with Crippen LogP contribution in [0.25, 0.3) is 43.7 Å². The number of aromatic hydroxyl groups is 1. The van der Waals surface area contributed by atoms with Gasteiger partial charge in [-0.3, -0.25) is 63.1 Å². The van der Waals surface area contributed by atoms with Crippen LogP contribution >= 0.6 is 37.5 Å². The van der Waals surface area contributed by atoms with Gasteiger partial charge in [-0.1, -0.05) is 73.9 Å². The summed E-state index contributed by atoms with van der Waals surface area (Å²) in [4.78, 5) is 200. The number of carboxylic acid groups (broad SMARTS) is 2. The Labute approximate surface area is 641 Å². The van der Waals surface area contributed by atoms with E-state index < -0.39 is 90.0 Å². The number of carboxylic acids is 2. The number of phenolic OH excluding ortho intramolecular Hbond substituents is 1. The van der Waals surface area contributed by atoms with Crippen LogP contribution in [-0.4, -0.2) is 171 Å². The first kappa shape index (κ1) is 83.4. The third-order valence-electron chi connectivity index (χ3n) is 17.6. The molecule has 110 heavy (non-hydrogen) atoms. The number of aromatic amines is 3. The number of hydrogen-bond donors (Lipinski definition) is 14. The zero-order valence-corrected chi connectivity index (χ0v) is 62.1. The number of carbonyl (C=O) groups excluding carboxylic acids is 12. The third kappa shape index (κ3) is 23.1. The number of halogens is 1. The van der Waals surface area contributed by atoms with Gasteiger partial charge in [-0.25, -0.2) is 9.97 Å². The highest BCUT2D eigenvalue weighted by molar-refractivity contribution is 9.09. The molecule has 0 radical (unpaired) electrons. The summed E-state index contributed by atoms with van der Waals surface area (Å²) in [5, 5.41) is 55.6. The number of nitrogens with zero attached hydrogens (tertiary/aromatic N) is 4. The number of nitrogens with one attached hydrogen (secondary N) is 9. The van der Waals surface area contributed by atoms with Gasteiger partial charge < -0.3 is 68.2 Å². The first-order chi connectivity index (χ1) is 52.7. The van der Waals surface area contributed by atoms with Crippen LogP contribution in [0.4, 0.5) is 17.3 Å². The van der Waals surface area contributed by atoms with Crippen molar-refractivity contribution in [2.45, 2.75) is 95.7 Å². The Balaban J connectivity index is 0.00000245. The van der Waals surface area contributed by atoms with E-state index in [0.717, 1.165) is 49.0 Å². The van der Waals surface area contributed by atoms with Crippen molar-refractivity contribution in [3.63, 3.8) is 0 Å². The van der Waals surface area contributed by atoms with E-state index >= 15 is 0 Å². The molecule has 5 heterocycles. The van der Waals surface area contributed by atoms with E-state index in [2.05, 4.69) is 72.4 Å². The molecular weight excluding hydrogens is 1530 g/mol. The molecule has 0 aliphatic carbocycles. The number of benzene rings is 5. The molecule has 9 aromatic rings. The number of anilines is 3. The predicted octanol–water partition coefficient (Wildman–Crippen LogP) is 6.18. The molecule has 0 saturated carbocycles. The largest absolute Gasteiger partial charge is 0.507 e. The molecule has 1 aliphatic rings. The van der Waals surface area contributed by atoms with Crippen LogP contribution in [0.5, 0.6) is 5.75 Å². The molecule has 4 aromatic heterocycles. The lowest BCUT2D eigenvalue weighted by molar-refractivity contribution is -0.193. The fourth-order valence-electron chi connectivity index (χ4n) is 12.2. The van der Waals surface area contributed by atoms with Crippen molar-refractivity contribution in [3.05, 3.63) is 159 Å². The topological polar surface area (TPSA) is 542 Å². The van der Waals surface area contributed by atoms with E-state index in [9.17, 15) is 68.1 Å². The minimum absolute atomic E-state index is 0.00426. The van der Waals surface area contributed by atoms with Crippen molar-refractivity contribution in [2.75, 3.05) is 52.4 Å². The van der Waals surface area contributed by atoms with Gasteiger partial charge in [0.2, 0.25) is 17.8 Å². The molecular formula is C74H76BrN15O18S2. The van der Waals surface area contributed by atoms with Crippen LogP contribution in [0.1, 0.15) is 118 Å². The minimum Gasteiger partial charge on any atom is -0.507 e. The lowest BCUT2D eigenvalue weighted by atomic mass is 9.92. The molecule has 5 aromatic carbocycles. The highest BCUT2D eigenvalue weighted by Gasteiger charge is 2.36. The number of phenols is 1. The smallest absolute Gasteiger partial charge is 0.373 e. The number of nitrogens with two attached hydrogens (primary N) is 2. The van der Waals surface area contributed by atoms with Crippen molar-refractivity contribution in [1.29, 1.82) is 5.41 Å². The van der Waals surface area contributed by atoms with E-state index in [4.69, 9.17) is 36.1 Å². The number of fused-ring (bicyclic) bond motifs is 6. The quantitative estimate of drug-likeness (QED) is 0.00516. The first-order valence-corrected chi connectivity index (χ1v) is 37.8. The van der Waals surface area contributed by atoms with E-state index in [-0.39, 0.29) is 135 Å². The highest BCUT2D eigenvalue weighted by atomic mass is 79.9. The highest BCUT2D eigenvalue weighted by Crippen LogP contribution is 2.46. The summed E-state index contributed by atoms with van der Waals surface area (Å²) in [5.41, 5.74) is 17.3. The Hall–Kier alpha value is -12.2. The summed E-state index contributed by atoms with van der Waals surface area (Å²) in [6, 6.07) is 27.4. The van der Waals surface area contributed by atoms with Crippen LogP contribution < -0.4 is 48.5 Å². The van der Waals surface area contributed by atoms with Gasteiger partial charge in [-0.05, 0) is 109 Å². The maximum atomic E-state index is 14.1. The maximum Gasteiger partial charge on any atom is 0.373 e. The average Bonchev–Trinajstić information content (AvgIpc) is 1.58. The molecule has 1 unspecified atom stereocenters. The van der Waals surface area contributed by atoms with Gasteiger partial charge in [0.1, 0.15) is 17.2 Å². The number of rotatable bonds is 37. The maximum absolute atomic E-state index is 14.1. The number of ketones is 4. The second-order valence-electron chi connectivity index (χ2n) is 25.5. The van der Waals surface area contributed by atoms with E-state index in [1.54, 1.807) is 59.5 Å². The Kier molecular flexibility index (Phi) is 30.4. The van der Waals surface area contributed by atoms with Gasteiger partial charge in [0, 0.05) is 131 Å². The summed E-state index contributed by atoms with van der Waals surface area (Å²) in [7, 11) is 2.33. The molecule has 16 N–H and O–H groups in total. The summed E-state index contributed by atoms with van der Waals surface area (Å²) in [6.45, 7) is 2.28. The Morgan fingerprint density at radius 1 is 0.745 bits per heavy atom. The number of carbonyl (C=O) groups is 10. The number of H-pyrrole nitrogens is 3. The van der Waals surface area contributed by atoms with Crippen molar-refractivity contribution < 1.29 is 82.4 Å². The lowest BCUT2D eigenvalue weighted by Gasteiger charge is -2.23. The summed E-state index contributed by atoms with van der Waals surface area (Å²) in [5.74, 6) is -9.19. The molecule has 1 aliphatic heterocycles. The van der Waals surface area contributed by atoms with Crippen LogP contribution in [0, 0.1) is 17.2 Å². The zero-order valence-electron chi connectivity index (χ0n) is 58.9. The van der Waals surface area contributed by atoms with Crippen LogP contribution in [0.3, 0.4) is 0 Å². The summed E-state index contributed by atoms with van der Waals surface area (Å²) in [6.07, 6.45) is 0.530. The molecule has 5 atom stereocenters. The lowest BCUT2D eigenvalue weighted by Crippen LogP contribution is -2.47.